The van der Waals surface area contributed by atoms with Gasteiger partial charge in [-0.25, -0.2) is 0 Å². The standard InChI is InChI=1S/C20H25NO3S/c1-15(22)24-19(16-9-5-4-6-10-16)13-17(21(2)3)14-23-18-11-7-8-12-20(18)25/h4-11,17,19H,12-14H2,1-3H3. The summed E-state index contributed by atoms with van der Waals surface area (Å²) >= 11 is 5.34. The van der Waals surface area contributed by atoms with Gasteiger partial charge in [0.2, 0.25) is 0 Å². The van der Waals surface area contributed by atoms with Crippen LogP contribution in [-0.2, 0) is 14.3 Å². The molecule has 0 amide bonds. The van der Waals surface area contributed by atoms with Crippen LogP contribution in [-0.4, -0.2) is 42.5 Å². The van der Waals surface area contributed by atoms with Gasteiger partial charge in [-0.3, -0.25) is 4.79 Å². The van der Waals surface area contributed by atoms with Crippen LogP contribution in [0.25, 0.3) is 0 Å². The minimum absolute atomic E-state index is 0.0826. The lowest BCUT2D eigenvalue weighted by atomic mass is 10.0. The fourth-order valence-corrected chi connectivity index (χ4v) is 2.86. The predicted molar refractivity (Wildman–Crippen MR) is 103 cm³/mol. The van der Waals surface area contributed by atoms with E-state index >= 15 is 0 Å². The second-order valence-electron chi connectivity index (χ2n) is 6.26. The molecule has 2 rings (SSSR count). The third-order valence-electron chi connectivity index (χ3n) is 4.09. The molecule has 0 heterocycles. The van der Waals surface area contributed by atoms with Crippen molar-refractivity contribution in [2.24, 2.45) is 0 Å². The van der Waals surface area contributed by atoms with E-state index in [9.17, 15) is 4.79 Å². The lowest BCUT2D eigenvalue weighted by Gasteiger charge is -2.29. The van der Waals surface area contributed by atoms with E-state index in [-0.39, 0.29) is 18.1 Å². The van der Waals surface area contributed by atoms with Gasteiger partial charge in [0.1, 0.15) is 18.5 Å². The minimum Gasteiger partial charge on any atom is -0.491 e. The SMILES string of the molecule is CC(=O)OC(CC(COC1=CC=CCC1=S)N(C)C)c1ccccc1. The van der Waals surface area contributed by atoms with Gasteiger partial charge in [-0.15, -0.1) is 0 Å². The van der Waals surface area contributed by atoms with E-state index in [4.69, 9.17) is 21.7 Å². The maximum atomic E-state index is 11.5. The molecular weight excluding hydrogens is 334 g/mol. The first-order valence-electron chi connectivity index (χ1n) is 8.38. The van der Waals surface area contributed by atoms with Crippen LogP contribution < -0.4 is 0 Å². The topological polar surface area (TPSA) is 38.8 Å². The molecule has 134 valence electrons. The van der Waals surface area contributed by atoms with Crippen molar-refractivity contribution in [3.63, 3.8) is 0 Å². The molecule has 0 N–H and O–H groups in total. The van der Waals surface area contributed by atoms with Crippen LogP contribution in [0.2, 0.25) is 0 Å². The van der Waals surface area contributed by atoms with Gasteiger partial charge < -0.3 is 14.4 Å². The minimum atomic E-state index is -0.304. The second-order valence-corrected chi connectivity index (χ2v) is 6.75. The Bertz CT molecular complexity index is 652. The molecule has 2 unspecified atom stereocenters. The number of likely N-dealkylation sites (N-methyl/N-ethyl adjacent to an activating group) is 1. The Labute approximate surface area is 155 Å². The first-order valence-corrected chi connectivity index (χ1v) is 8.79. The molecule has 0 aliphatic heterocycles. The van der Waals surface area contributed by atoms with Crippen molar-refractivity contribution in [1.82, 2.24) is 4.90 Å². The van der Waals surface area contributed by atoms with E-state index in [1.54, 1.807) is 0 Å². The van der Waals surface area contributed by atoms with E-state index in [2.05, 4.69) is 4.90 Å². The van der Waals surface area contributed by atoms with E-state index in [0.29, 0.717) is 13.0 Å². The molecule has 0 aromatic heterocycles. The highest BCUT2D eigenvalue weighted by Crippen LogP contribution is 2.25. The van der Waals surface area contributed by atoms with Crippen molar-refractivity contribution >= 4 is 23.1 Å². The summed E-state index contributed by atoms with van der Waals surface area (Å²) in [6.07, 6.45) is 6.97. The molecule has 2 atom stereocenters. The molecule has 1 aromatic rings. The monoisotopic (exact) mass is 359 g/mol. The van der Waals surface area contributed by atoms with Crippen LogP contribution in [0.3, 0.4) is 0 Å². The summed E-state index contributed by atoms with van der Waals surface area (Å²) in [5, 5.41) is 0. The molecule has 25 heavy (non-hydrogen) atoms. The van der Waals surface area contributed by atoms with Gasteiger partial charge in [0.15, 0.2) is 0 Å². The van der Waals surface area contributed by atoms with Crippen LogP contribution >= 0.6 is 12.2 Å². The molecule has 1 aliphatic carbocycles. The van der Waals surface area contributed by atoms with Crippen LogP contribution in [0, 0.1) is 0 Å². The number of thiocarbonyl (C=S) groups is 1. The first-order chi connectivity index (χ1) is 12.0. The van der Waals surface area contributed by atoms with Crippen molar-refractivity contribution in [2.45, 2.75) is 31.9 Å². The summed E-state index contributed by atoms with van der Waals surface area (Å²) < 4.78 is 11.5. The van der Waals surface area contributed by atoms with Crippen molar-refractivity contribution in [1.29, 1.82) is 0 Å². The number of hydrogen-bond donors (Lipinski definition) is 0. The van der Waals surface area contributed by atoms with Gasteiger partial charge in [-0.05, 0) is 25.7 Å². The van der Waals surface area contributed by atoms with Crippen molar-refractivity contribution in [3.05, 3.63) is 59.9 Å². The average molecular weight is 359 g/mol. The van der Waals surface area contributed by atoms with Gasteiger partial charge >= 0.3 is 5.97 Å². The fraction of sp³-hybridized carbons (Fsp3) is 0.400. The Hall–Kier alpha value is -1.98. The maximum Gasteiger partial charge on any atom is 0.303 e. The van der Waals surface area contributed by atoms with Gasteiger partial charge in [-0.1, -0.05) is 54.7 Å². The summed E-state index contributed by atoms with van der Waals surface area (Å²) in [4.78, 5) is 14.4. The quantitative estimate of drug-likeness (QED) is 0.521. The lowest BCUT2D eigenvalue weighted by molar-refractivity contribution is -0.147. The summed E-state index contributed by atoms with van der Waals surface area (Å²) in [6.45, 7) is 1.92. The highest BCUT2D eigenvalue weighted by Gasteiger charge is 2.23. The first kappa shape index (κ1) is 19.3. The summed E-state index contributed by atoms with van der Waals surface area (Å²) in [6, 6.07) is 9.88. The zero-order chi connectivity index (χ0) is 18.2. The van der Waals surface area contributed by atoms with Gasteiger partial charge in [0.05, 0.1) is 4.86 Å². The molecule has 0 fully saturated rings. The van der Waals surface area contributed by atoms with Crippen LogP contribution in [0.4, 0.5) is 0 Å². The van der Waals surface area contributed by atoms with Crippen LogP contribution in [0.5, 0.6) is 0 Å². The van der Waals surface area contributed by atoms with Crippen LogP contribution in [0.1, 0.15) is 31.4 Å². The molecule has 4 nitrogen and oxygen atoms in total. The number of carbonyl (C=O) groups is 1. The third kappa shape index (κ3) is 6.11. The van der Waals surface area contributed by atoms with Gasteiger partial charge in [-0.2, -0.15) is 0 Å². The molecule has 1 aromatic carbocycles. The number of hydrogen-bond acceptors (Lipinski definition) is 5. The third-order valence-corrected chi connectivity index (χ3v) is 4.46. The summed E-state index contributed by atoms with van der Waals surface area (Å²) in [5.41, 5.74) is 0.986. The zero-order valence-corrected chi connectivity index (χ0v) is 15.8. The highest BCUT2D eigenvalue weighted by molar-refractivity contribution is 7.80. The normalized spacial score (nSPS) is 16.3. The van der Waals surface area contributed by atoms with Gasteiger partial charge in [0, 0.05) is 25.8 Å². The van der Waals surface area contributed by atoms with Crippen molar-refractivity contribution in [3.8, 4) is 0 Å². The Kier molecular flexibility index (Phi) is 7.34. The van der Waals surface area contributed by atoms with E-state index in [0.717, 1.165) is 22.6 Å². The number of ether oxygens (including phenoxy) is 2. The molecule has 0 bridgehead atoms. The average Bonchev–Trinajstić information content (AvgIpc) is 2.59. The Morgan fingerprint density at radius 3 is 2.60 bits per heavy atom. The fourth-order valence-electron chi connectivity index (χ4n) is 2.63. The number of nitrogens with zero attached hydrogens (tertiary/aromatic N) is 1. The Balaban J connectivity index is 2.06. The smallest absolute Gasteiger partial charge is 0.303 e. The molecule has 5 heteroatoms. The molecular formula is C20H25NO3S. The molecule has 1 aliphatic rings. The second kappa shape index (κ2) is 9.49. The van der Waals surface area contributed by atoms with Crippen molar-refractivity contribution in [2.75, 3.05) is 20.7 Å². The van der Waals surface area contributed by atoms with E-state index in [1.807, 2.05) is 62.7 Å². The number of benzene rings is 1. The number of allylic oxidation sites excluding steroid dienone is 4. The van der Waals surface area contributed by atoms with Crippen LogP contribution in [0.15, 0.2) is 54.3 Å². The number of carbonyl (C=O) groups excluding carboxylic acids is 1. The maximum absolute atomic E-state index is 11.5. The Morgan fingerprint density at radius 2 is 2.00 bits per heavy atom. The highest BCUT2D eigenvalue weighted by atomic mass is 32.1. The summed E-state index contributed by atoms with van der Waals surface area (Å²) in [7, 11) is 3.99. The van der Waals surface area contributed by atoms with Crippen molar-refractivity contribution < 1.29 is 14.3 Å². The number of rotatable bonds is 8. The predicted octanol–water partition coefficient (Wildman–Crippen LogP) is 3.84. The van der Waals surface area contributed by atoms with E-state index in [1.165, 1.54) is 6.92 Å². The molecule has 0 spiro atoms. The molecule has 0 radical (unpaired) electrons. The van der Waals surface area contributed by atoms with E-state index < -0.39 is 0 Å². The largest absolute Gasteiger partial charge is 0.491 e. The Morgan fingerprint density at radius 1 is 1.28 bits per heavy atom. The summed E-state index contributed by atoms with van der Waals surface area (Å²) in [5.74, 6) is 0.474. The lowest BCUT2D eigenvalue weighted by Crippen LogP contribution is -2.35. The molecule has 0 saturated carbocycles. The van der Waals surface area contributed by atoms with Gasteiger partial charge in [0.25, 0.3) is 0 Å². The zero-order valence-electron chi connectivity index (χ0n) is 15.0. The number of esters is 1. The molecule has 0 saturated heterocycles.